The lowest BCUT2D eigenvalue weighted by Gasteiger charge is -2.29. The van der Waals surface area contributed by atoms with Gasteiger partial charge in [-0.05, 0) is 12.5 Å². The van der Waals surface area contributed by atoms with Crippen LogP contribution in [0, 0.1) is 0 Å². The summed E-state index contributed by atoms with van der Waals surface area (Å²) in [5, 5.41) is 23.1. The third-order valence-electron chi connectivity index (χ3n) is 4.20. The summed E-state index contributed by atoms with van der Waals surface area (Å²) in [7, 11) is 0. The summed E-state index contributed by atoms with van der Waals surface area (Å²) < 4.78 is 0. The highest BCUT2D eigenvalue weighted by Gasteiger charge is 2.20. The molecule has 24 heavy (non-hydrogen) atoms. The Balaban J connectivity index is 2.06. The number of fused-ring (bicyclic) bond motifs is 1. The van der Waals surface area contributed by atoms with E-state index in [9.17, 15) is 10.2 Å². The second-order valence-electron chi connectivity index (χ2n) is 5.80. The molecule has 0 bridgehead atoms. The van der Waals surface area contributed by atoms with Crippen LogP contribution in [-0.2, 0) is 6.42 Å². The molecular weight excluding hydrogens is 326 g/mol. The summed E-state index contributed by atoms with van der Waals surface area (Å²) >= 11 is 1.70. The molecule has 7 nitrogen and oxygen atoms in total. The minimum absolute atomic E-state index is 0.0270. The van der Waals surface area contributed by atoms with E-state index in [0.717, 1.165) is 54.6 Å². The van der Waals surface area contributed by atoms with Gasteiger partial charge in [-0.2, -0.15) is 4.98 Å². The predicted octanol–water partition coefficient (Wildman–Crippen LogP) is 0.454. The quantitative estimate of drug-likeness (QED) is 0.668. The Hall–Kier alpha value is -1.48. The zero-order chi connectivity index (χ0) is 16.9. The number of piperazine rings is 1. The summed E-state index contributed by atoms with van der Waals surface area (Å²) in [5.74, 6) is 1.55. The summed E-state index contributed by atoms with van der Waals surface area (Å²) in [5.41, 5.74) is 0. The largest absolute Gasteiger partial charge is 0.395 e. The van der Waals surface area contributed by atoms with Crippen molar-refractivity contribution in [2.75, 3.05) is 62.3 Å². The molecule has 3 heterocycles. The fourth-order valence-corrected chi connectivity index (χ4v) is 3.89. The van der Waals surface area contributed by atoms with Crippen molar-refractivity contribution in [3.63, 3.8) is 0 Å². The van der Waals surface area contributed by atoms with Crippen LogP contribution in [0.4, 0.5) is 11.8 Å². The summed E-state index contributed by atoms with van der Waals surface area (Å²) in [6.45, 7) is 6.72. The van der Waals surface area contributed by atoms with Crippen LogP contribution in [0.25, 0.3) is 10.2 Å². The maximum Gasteiger partial charge on any atom is 0.228 e. The average Bonchev–Trinajstić information content (AvgIpc) is 3.05. The highest BCUT2D eigenvalue weighted by Crippen LogP contribution is 2.33. The van der Waals surface area contributed by atoms with Gasteiger partial charge in [-0.15, -0.1) is 11.3 Å². The van der Waals surface area contributed by atoms with Crippen LogP contribution in [0.3, 0.4) is 0 Å². The standard InChI is InChI=1S/C16H25N5O2S/c1-2-12-11-13-14(20(7-9-22)8-10-23)18-16(19-15(13)24-12)21-5-3-17-4-6-21/h11,17,22-23H,2-10H2,1H3. The third-order valence-corrected chi connectivity index (χ3v) is 5.37. The van der Waals surface area contributed by atoms with Gasteiger partial charge in [0.2, 0.25) is 5.95 Å². The second kappa shape index (κ2) is 8.06. The van der Waals surface area contributed by atoms with E-state index in [1.807, 2.05) is 4.90 Å². The first-order valence-corrected chi connectivity index (χ1v) is 9.31. The molecule has 1 aliphatic heterocycles. The normalized spacial score (nSPS) is 15.2. The zero-order valence-electron chi connectivity index (χ0n) is 14.0. The van der Waals surface area contributed by atoms with Gasteiger partial charge in [0.25, 0.3) is 0 Å². The first-order valence-electron chi connectivity index (χ1n) is 8.49. The predicted molar refractivity (Wildman–Crippen MR) is 98.3 cm³/mol. The molecule has 2 aromatic heterocycles. The zero-order valence-corrected chi connectivity index (χ0v) is 14.8. The first kappa shape index (κ1) is 17.3. The third kappa shape index (κ3) is 3.61. The van der Waals surface area contributed by atoms with Gasteiger partial charge in [0, 0.05) is 44.1 Å². The van der Waals surface area contributed by atoms with Gasteiger partial charge in [-0.1, -0.05) is 6.92 Å². The van der Waals surface area contributed by atoms with Gasteiger partial charge >= 0.3 is 0 Å². The molecule has 0 aliphatic carbocycles. The Labute approximate surface area is 145 Å². The molecule has 0 radical (unpaired) electrons. The van der Waals surface area contributed by atoms with Crippen LogP contribution in [0.5, 0.6) is 0 Å². The molecule has 0 unspecified atom stereocenters. The van der Waals surface area contributed by atoms with Gasteiger partial charge < -0.3 is 25.3 Å². The molecule has 0 aromatic carbocycles. The number of aliphatic hydroxyl groups excluding tert-OH is 2. The number of nitrogens with one attached hydrogen (secondary N) is 1. The number of hydrogen-bond acceptors (Lipinski definition) is 8. The number of rotatable bonds is 7. The molecule has 0 spiro atoms. The Bertz CT molecular complexity index is 666. The molecule has 0 amide bonds. The van der Waals surface area contributed by atoms with Gasteiger partial charge in [0.15, 0.2) is 0 Å². The highest BCUT2D eigenvalue weighted by molar-refractivity contribution is 7.18. The second-order valence-corrected chi connectivity index (χ2v) is 6.92. The van der Waals surface area contributed by atoms with Crippen molar-refractivity contribution in [1.29, 1.82) is 0 Å². The number of anilines is 2. The Morgan fingerprint density at radius 1 is 1.21 bits per heavy atom. The van der Waals surface area contributed by atoms with Crippen molar-refractivity contribution in [1.82, 2.24) is 15.3 Å². The molecule has 3 N–H and O–H groups in total. The minimum Gasteiger partial charge on any atom is -0.395 e. The molecule has 1 saturated heterocycles. The number of aryl methyl sites for hydroxylation is 1. The Morgan fingerprint density at radius 2 is 1.92 bits per heavy atom. The smallest absolute Gasteiger partial charge is 0.228 e. The van der Waals surface area contributed by atoms with E-state index in [1.54, 1.807) is 11.3 Å². The lowest BCUT2D eigenvalue weighted by molar-refractivity contribution is 0.281. The molecule has 0 saturated carbocycles. The van der Waals surface area contributed by atoms with Crippen molar-refractivity contribution in [2.24, 2.45) is 0 Å². The fraction of sp³-hybridized carbons (Fsp3) is 0.625. The van der Waals surface area contributed by atoms with Crippen LogP contribution in [0.15, 0.2) is 6.07 Å². The highest BCUT2D eigenvalue weighted by atomic mass is 32.1. The van der Waals surface area contributed by atoms with Crippen LogP contribution in [-0.4, -0.2) is 72.7 Å². The molecule has 1 aliphatic rings. The van der Waals surface area contributed by atoms with Crippen molar-refractivity contribution < 1.29 is 10.2 Å². The number of nitrogens with zero attached hydrogens (tertiary/aromatic N) is 4. The molecule has 3 rings (SSSR count). The minimum atomic E-state index is 0.0270. The number of thiophene rings is 1. The van der Waals surface area contributed by atoms with Gasteiger partial charge in [-0.25, -0.2) is 4.98 Å². The van der Waals surface area contributed by atoms with Crippen molar-refractivity contribution in [3.05, 3.63) is 10.9 Å². The van der Waals surface area contributed by atoms with Gasteiger partial charge in [0.1, 0.15) is 10.6 Å². The summed E-state index contributed by atoms with van der Waals surface area (Å²) in [6, 6.07) is 2.14. The lowest BCUT2D eigenvalue weighted by atomic mass is 10.3. The van der Waals surface area contributed by atoms with Crippen LogP contribution in [0.2, 0.25) is 0 Å². The first-order chi connectivity index (χ1) is 11.8. The van der Waals surface area contributed by atoms with Crippen molar-refractivity contribution >= 4 is 33.3 Å². The van der Waals surface area contributed by atoms with E-state index in [1.165, 1.54) is 4.88 Å². The summed E-state index contributed by atoms with van der Waals surface area (Å²) in [6.07, 6.45) is 0.962. The van der Waals surface area contributed by atoms with Crippen molar-refractivity contribution in [2.45, 2.75) is 13.3 Å². The maximum atomic E-state index is 9.38. The lowest BCUT2D eigenvalue weighted by Crippen LogP contribution is -2.44. The number of aromatic nitrogens is 2. The van der Waals surface area contributed by atoms with E-state index in [0.29, 0.717) is 13.1 Å². The fourth-order valence-electron chi connectivity index (χ4n) is 2.93. The maximum absolute atomic E-state index is 9.38. The molecule has 132 valence electrons. The molecular formula is C16H25N5O2S. The van der Waals surface area contributed by atoms with Gasteiger partial charge in [0.05, 0.1) is 18.6 Å². The van der Waals surface area contributed by atoms with Crippen LogP contribution < -0.4 is 15.1 Å². The number of hydrogen-bond donors (Lipinski definition) is 3. The van der Waals surface area contributed by atoms with E-state index >= 15 is 0 Å². The van der Waals surface area contributed by atoms with Gasteiger partial charge in [-0.3, -0.25) is 0 Å². The monoisotopic (exact) mass is 351 g/mol. The topological polar surface area (TPSA) is 84.8 Å². The Kier molecular flexibility index (Phi) is 5.83. The molecule has 8 heteroatoms. The number of aliphatic hydroxyl groups is 2. The SMILES string of the molecule is CCc1cc2c(N(CCO)CCO)nc(N3CCNCC3)nc2s1. The summed E-state index contributed by atoms with van der Waals surface area (Å²) in [4.78, 5) is 16.0. The van der Waals surface area contributed by atoms with E-state index in [2.05, 4.69) is 23.2 Å². The van der Waals surface area contributed by atoms with E-state index in [-0.39, 0.29) is 13.2 Å². The van der Waals surface area contributed by atoms with E-state index in [4.69, 9.17) is 9.97 Å². The average molecular weight is 351 g/mol. The van der Waals surface area contributed by atoms with Crippen LogP contribution in [0.1, 0.15) is 11.8 Å². The molecule has 1 fully saturated rings. The molecule has 2 aromatic rings. The van der Waals surface area contributed by atoms with E-state index < -0.39 is 0 Å². The van der Waals surface area contributed by atoms with Crippen molar-refractivity contribution in [3.8, 4) is 0 Å². The Morgan fingerprint density at radius 3 is 2.54 bits per heavy atom. The molecule has 0 atom stereocenters. The van der Waals surface area contributed by atoms with Crippen LogP contribution >= 0.6 is 11.3 Å².